The molecule has 3 aromatic rings. The molecule has 2 aliphatic rings. The van der Waals surface area contributed by atoms with Gasteiger partial charge in [0.05, 0.1) is 36.3 Å². The van der Waals surface area contributed by atoms with Crippen molar-refractivity contribution in [3.63, 3.8) is 0 Å². The van der Waals surface area contributed by atoms with E-state index in [-0.39, 0.29) is 17.7 Å². The van der Waals surface area contributed by atoms with Gasteiger partial charge in [0, 0.05) is 37.1 Å². The summed E-state index contributed by atoms with van der Waals surface area (Å²) in [6, 6.07) is -0.0199. The number of hydrogen-bond acceptors (Lipinski definition) is 6. The van der Waals surface area contributed by atoms with Gasteiger partial charge in [-0.2, -0.15) is 18.3 Å². The highest BCUT2D eigenvalue weighted by atomic mass is 19.4. The van der Waals surface area contributed by atoms with Crippen molar-refractivity contribution >= 4 is 11.5 Å². The van der Waals surface area contributed by atoms with E-state index in [4.69, 9.17) is 0 Å². The zero-order valence-electron chi connectivity index (χ0n) is 15.8. The minimum Gasteiger partial charge on any atom is -0.389 e. The molecule has 0 aliphatic carbocycles. The summed E-state index contributed by atoms with van der Waals surface area (Å²) >= 11 is 0. The molecule has 5 rings (SSSR count). The Morgan fingerprint density at radius 2 is 2.00 bits per heavy atom. The van der Waals surface area contributed by atoms with Crippen molar-refractivity contribution in [3.05, 3.63) is 30.0 Å². The van der Waals surface area contributed by atoms with Crippen molar-refractivity contribution in [3.8, 4) is 11.3 Å². The van der Waals surface area contributed by atoms with E-state index in [0.717, 1.165) is 23.7 Å². The van der Waals surface area contributed by atoms with Gasteiger partial charge in [-0.1, -0.05) is 0 Å². The maximum absolute atomic E-state index is 13.6. The smallest absolute Gasteiger partial charge is 0.389 e. The fourth-order valence-corrected chi connectivity index (χ4v) is 3.85. The first-order valence-corrected chi connectivity index (χ1v) is 9.41. The van der Waals surface area contributed by atoms with Gasteiger partial charge >= 0.3 is 6.18 Å². The zero-order valence-corrected chi connectivity index (χ0v) is 15.8. The van der Waals surface area contributed by atoms with Crippen molar-refractivity contribution < 1.29 is 18.3 Å². The van der Waals surface area contributed by atoms with Crippen LogP contribution in [-0.2, 0) is 6.18 Å². The first kappa shape index (κ1) is 18.4. The molecule has 2 atom stereocenters. The molecule has 3 aromatic heterocycles. The van der Waals surface area contributed by atoms with Crippen LogP contribution < -0.4 is 10.2 Å². The molecule has 0 saturated carbocycles. The van der Waals surface area contributed by atoms with E-state index in [1.54, 1.807) is 24.9 Å². The van der Waals surface area contributed by atoms with Crippen LogP contribution in [0.15, 0.2) is 18.6 Å². The number of hydrogen-bond donors (Lipinski definition) is 2. The van der Waals surface area contributed by atoms with Crippen LogP contribution in [0.3, 0.4) is 0 Å². The van der Waals surface area contributed by atoms with Crippen LogP contribution in [0.1, 0.15) is 24.4 Å². The molecule has 0 amide bonds. The molecule has 8 nitrogen and oxygen atoms in total. The lowest BCUT2D eigenvalue weighted by molar-refractivity contribution is -0.141. The SMILES string of the molecule is Cc1c(-c2cnn(C3CNC3)c2)nc(N2C[C@@H](O)[C@@H]2C)c2ncc(C(F)(F)F)n12. The lowest BCUT2D eigenvalue weighted by atomic mass is 10.0. The number of aryl methyl sites for hydroxylation is 1. The van der Waals surface area contributed by atoms with Gasteiger partial charge in [0.2, 0.25) is 0 Å². The van der Waals surface area contributed by atoms with E-state index in [1.165, 1.54) is 0 Å². The number of nitrogens with one attached hydrogen (secondary N) is 1. The molecule has 154 valence electrons. The molecule has 2 aliphatic heterocycles. The summed E-state index contributed by atoms with van der Waals surface area (Å²) in [5, 5.41) is 17.4. The normalized spacial score (nSPS) is 22.8. The van der Waals surface area contributed by atoms with E-state index in [9.17, 15) is 18.3 Å². The summed E-state index contributed by atoms with van der Waals surface area (Å²) in [7, 11) is 0. The average Bonchev–Trinajstić information content (AvgIpc) is 3.26. The molecule has 0 spiro atoms. The molecule has 2 N–H and O–H groups in total. The van der Waals surface area contributed by atoms with Crippen LogP contribution in [0.25, 0.3) is 16.9 Å². The van der Waals surface area contributed by atoms with Crippen molar-refractivity contribution in [1.82, 2.24) is 29.5 Å². The molecular weight excluding hydrogens is 387 g/mol. The first-order chi connectivity index (χ1) is 13.8. The Hall–Kier alpha value is -2.66. The van der Waals surface area contributed by atoms with Gasteiger partial charge < -0.3 is 15.3 Å². The zero-order chi connectivity index (χ0) is 20.5. The molecule has 0 unspecified atom stereocenters. The Kier molecular flexibility index (Phi) is 3.91. The number of alkyl halides is 3. The van der Waals surface area contributed by atoms with Gasteiger partial charge in [0.15, 0.2) is 11.5 Å². The van der Waals surface area contributed by atoms with Crippen molar-refractivity contribution in [1.29, 1.82) is 0 Å². The monoisotopic (exact) mass is 407 g/mol. The van der Waals surface area contributed by atoms with Gasteiger partial charge in [-0.05, 0) is 13.8 Å². The summed E-state index contributed by atoms with van der Waals surface area (Å²) in [4.78, 5) is 10.5. The number of β-amino-alcohol motifs (C(OH)–C–C–N with tert-alkyl or cyclic N) is 1. The third-order valence-electron chi connectivity index (χ3n) is 5.86. The standard InChI is InChI=1S/C18H20F3N7O/c1-9-13(29)8-26(9)17-16-23-6-14(18(19,20)21)28(16)10(2)15(25-17)11-3-24-27(7-11)12-4-22-5-12/h3,6-7,9,12-13,22,29H,4-5,8H2,1-2H3/t9-,13+/m0/s1. The van der Waals surface area contributed by atoms with Gasteiger partial charge in [0.1, 0.15) is 5.69 Å². The number of aliphatic hydroxyl groups excluding tert-OH is 1. The van der Waals surface area contributed by atoms with Gasteiger partial charge in [-0.15, -0.1) is 0 Å². The number of imidazole rings is 1. The Balaban J connectivity index is 1.71. The Morgan fingerprint density at radius 3 is 2.59 bits per heavy atom. The number of fused-ring (bicyclic) bond motifs is 1. The highest BCUT2D eigenvalue weighted by Gasteiger charge is 2.40. The Bertz CT molecular complexity index is 1090. The number of aliphatic hydroxyl groups is 1. The molecule has 0 radical (unpaired) electrons. The fraction of sp³-hybridized carbons (Fsp3) is 0.500. The molecule has 5 heterocycles. The summed E-state index contributed by atoms with van der Waals surface area (Å²) in [6.45, 7) is 5.32. The topological polar surface area (TPSA) is 83.5 Å². The van der Waals surface area contributed by atoms with Crippen molar-refractivity contribution in [2.45, 2.75) is 38.2 Å². The van der Waals surface area contributed by atoms with Gasteiger partial charge in [-0.25, -0.2) is 9.97 Å². The third kappa shape index (κ3) is 2.71. The third-order valence-corrected chi connectivity index (χ3v) is 5.86. The van der Waals surface area contributed by atoms with E-state index >= 15 is 0 Å². The molecule has 0 aromatic carbocycles. The quantitative estimate of drug-likeness (QED) is 0.687. The van der Waals surface area contributed by atoms with E-state index in [1.807, 2.05) is 10.9 Å². The summed E-state index contributed by atoms with van der Waals surface area (Å²) in [5.74, 6) is 0.331. The number of anilines is 1. The van der Waals surface area contributed by atoms with Crippen LogP contribution in [-0.4, -0.2) is 61.0 Å². The van der Waals surface area contributed by atoms with E-state index in [0.29, 0.717) is 29.3 Å². The summed E-state index contributed by atoms with van der Waals surface area (Å²) in [6.07, 6.45) is -0.826. The fourth-order valence-electron chi connectivity index (χ4n) is 3.85. The van der Waals surface area contributed by atoms with Crippen molar-refractivity contribution in [2.24, 2.45) is 0 Å². The second kappa shape index (κ2) is 6.17. The maximum Gasteiger partial charge on any atom is 0.433 e. The predicted octanol–water partition coefficient (Wildman–Crippen LogP) is 1.63. The minimum atomic E-state index is -4.55. The molecule has 29 heavy (non-hydrogen) atoms. The Labute approximate surface area is 164 Å². The maximum atomic E-state index is 13.6. The second-order valence-electron chi connectivity index (χ2n) is 7.65. The van der Waals surface area contributed by atoms with E-state index < -0.39 is 18.0 Å². The van der Waals surface area contributed by atoms with Crippen LogP contribution in [0.2, 0.25) is 0 Å². The molecular formula is C18H20F3N7O. The van der Waals surface area contributed by atoms with Crippen LogP contribution in [0, 0.1) is 6.92 Å². The van der Waals surface area contributed by atoms with E-state index in [2.05, 4.69) is 20.4 Å². The Morgan fingerprint density at radius 1 is 1.24 bits per heavy atom. The largest absolute Gasteiger partial charge is 0.433 e. The number of aromatic nitrogens is 5. The summed E-state index contributed by atoms with van der Waals surface area (Å²) in [5.41, 5.74) is 0.692. The average molecular weight is 407 g/mol. The predicted molar refractivity (Wildman–Crippen MR) is 98.7 cm³/mol. The minimum absolute atomic E-state index is 0.132. The lowest BCUT2D eigenvalue weighted by Crippen LogP contribution is -2.59. The first-order valence-electron chi connectivity index (χ1n) is 9.41. The second-order valence-corrected chi connectivity index (χ2v) is 7.65. The van der Waals surface area contributed by atoms with Gasteiger partial charge in [0.25, 0.3) is 0 Å². The number of nitrogens with zero attached hydrogens (tertiary/aromatic N) is 6. The number of rotatable bonds is 3. The molecule has 2 fully saturated rings. The van der Waals surface area contributed by atoms with Crippen LogP contribution in [0.4, 0.5) is 19.0 Å². The highest BCUT2D eigenvalue weighted by molar-refractivity contribution is 5.74. The number of halogens is 3. The molecule has 2 saturated heterocycles. The highest BCUT2D eigenvalue weighted by Crippen LogP contribution is 2.37. The van der Waals surface area contributed by atoms with Gasteiger partial charge in [-0.3, -0.25) is 9.08 Å². The lowest BCUT2D eigenvalue weighted by Gasteiger charge is -2.44. The van der Waals surface area contributed by atoms with Crippen LogP contribution >= 0.6 is 0 Å². The van der Waals surface area contributed by atoms with Crippen LogP contribution in [0.5, 0.6) is 0 Å². The molecule has 0 bridgehead atoms. The molecule has 11 heteroatoms. The van der Waals surface area contributed by atoms with Crippen molar-refractivity contribution in [2.75, 3.05) is 24.5 Å². The summed E-state index contributed by atoms with van der Waals surface area (Å²) < 4.78 is 43.8.